The molecule has 9 nitrogen and oxygen atoms in total. The van der Waals surface area contributed by atoms with Crippen molar-refractivity contribution in [2.45, 2.75) is 42.8 Å². The molecule has 4 aromatic rings. The van der Waals surface area contributed by atoms with Crippen molar-refractivity contribution < 1.29 is 13.2 Å². The summed E-state index contributed by atoms with van der Waals surface area (Å²) >= 11 is 6.18. The zero-order valence-corrected chi connectivity index (χ0v) is 21.9. The minimum atomic E-state index is -3.46. The van der Waals surface area contributed by atoms with E-state index in [4.69, 9.17) is 11.6 Å². The van der Waals surface area contributed by atoms with E-state index in [-0.39, 0.29) is 17.0 Å². The number of fused-ring (bicyclic) bond motifs is 2. The van der Waals surface area contributed by atoms with Crippen LogP contribution in [0.1, 0.15) is 37.8 Å². The second kappa shape index (κ2) is 8.51. The van der Waals surface area contributed by atoms with Crippen molar-refractivity contribution in [1.29, 1.82) is 0 Å². The lowest BCUT2D eigenvalue weighted by Gasteiger charge is -2.29. The lowest BCUT2D eigenvalue weighted by molar-refractivity contribution is -0.121. The number of amides is 1. The maximum Gasteiger partial charge on any atom is 0.236 e. The van der Waals surface area contributed by atoms with Crippen LogP contribution in [0.3, 0.4) is 0 Å². The first-order valence-corrected chi connectivity index (χ1v) is 14.6. The average Bonchev–Trinajstić information content (AvgIpc) is 3.82. The van der Waals surface area contributed by atoms with E-state index in [2.05, 4.69) is 25.1 Å². The molecule has 2 unspecified atom stereocenters. The molecule has 3 aromatic heterocycles. The Balaban J connectivity index is 1.15. The molecule has 38 heavy (non-hydrogen) atoms. The Bertz CT molecular complexity index is 1670. The van der Waals surface area contributed by atoms with E-state index in [1.807, 2.05) is 36.5 Å². The second-order valence-corrected chi connectivity index (χ2v) is 13.0. The van der Waals surface area contributed by atoms with Gasteiger partial charge < -0.3 is 5.32 Å². The number of anilines is 2. The van der Waals surface area contributed by atoms with Crippen molar-refractivity contribution in [2.75, 3.05) is 10.0 Å². The lowest BCUT2D eigenvalue weighted by Crippen LogP contribution is -2.40. The lowest BCUT2D eigenvalue weighted by atomic mass is 9.78. The van der Waals surface area contributed by atoms with E-state index < -0.39 is 15.4 Å². The van der Waals surface area contributed by atoms with Crippen LogP contribution in [0.5, 0.6) is 0 Å². The zero-order chi connectivity index (χ0) is 26.1. The van der Waals surface area contributed by atoms with Crippen molar-refractivity contribution in [1.82, 2.24) is 19.6 Å². The molecule has 3 aliphatic carbocycles. The summed E-state index contributed by atoms with van der Waals surface area (Å²) in [5.74, 6) is 1.07. The molecule has 0 bridgehead atoms. The van der Waals surface area contributed by atoms with Gasteiger partial charge in [0.25, 0.3) is 0 Å². The summed E-state index contributed by atoms with van der Waals surface area (Å²) in [6.45, 7) is 0. The minimum absolute atomic E-state index is 0.130. The van der Waals surface area contributed by atoms with Crippen molar-refractivity contribution >= 4 is 44.6 Å². The van der Waals surface area contributed by atoms with E-state index in [9.17, 15) is 13.2 Å². The fraction of sp³-hybridized carbons (Fsp3) is 0.333. The Labute approximate surface area is 224 Å². The number of aromatic nitrogens is 4. The third-order valence-electron chi connectivity index (χ3n) is 8.03. The van der Waals surface area contributed by atoms with Gasteiger partial charge in [-0.3, -0.25) is 9.52 Å². The molecule has 0 aliphatic heterocycles. The molecule has 7 rings (SSSR count). The van der Waals surface area contributed by atoms with Gasteiger partial charge >= 0.3 is 0 Å². The molecule has 3 aliphatic rings. The number of benzene rings is 1. The average molecular weight is 549 g/mol. The van der Waals surface area contributed by atoms with Crippen LogP contribution in [0, 0.1) is 11.8 Å². The van der Waals surface area contributed by atoms with Crippen LogP contribution in [0.2, 0.25) is 5.02 Å². The Morgan fingerprint density at radius 2 is 1.82 bits per heavy atom. The number of halogens is 1. The summed E-state index contributed by atoms with van der Waals surface area (Å²) in [7, 11) is -3.46. The van der Waals surface area contributed by atoms with Gasteiger partial charge in [-0.1, -0.05) is 23.7 Å². The molecule has 1 amide bonds. The van der Waals surface area contributed by atoms with E-state index in [1.54, 1.807) is 22.8 Å². The highest BCUT2D eigenvalue weighted by Crippen LogP contribution is 2.60. The first-order chi connectivity index (χ1) is 18.3. The first-order valence-electron chi connectivity index (χ1n) is 12.7. The SMILES string of the molecule is O=C(Nc1ccc(-c2cnn3ccc(Cl)cc23)cc1)C1(c2cc(NS(=O)(=O)C3CC3)ncn2)CC2CC2C1. The Kier molecular flexibility index (Phi) is 5.28. The molecule has 3 saturated carbocycles. The van der Waals surface area contributed by atoms with Crippen LogP contribution in [0.25, 0.3) is 16.6 Å². The molecule has 11 heteroatoms. The standard InChI is InChI=1S/C27H25ClN6O3S/c28-19-7-8-34-23(10-19)22(14-31-34)16-1-3-20(4-2-16)32-26(35)27(12-17-9-18(17)13-27)24-11-25(30-15-29-24)33-38(36,37)21-5-6-21/h1-4,7-8,10-11,14-15,17-18,21H,5-6,9,12-13H2,(H,32,35)(H,29,30,33). The fourth-order valence-corrected chi connectivity index (χ4v) is 7.23. The molecule has 0 spiro atoms. The molecule has 0 radical (unpaired) electrons. The largest absolute Gasteiger partial charge is 0.325 e. The molecule has 2 N–H and O–H groups in total. The molecule has 0 saturated heterocycles. The van der Waals surface area contributed by atoms with Gasteiger partial charge in [-0.25, -0.2) is 22.9 Å². The molecular formula is C27H25ClN6O3S. The monoisotopic (exact) mass is 548 g/mol. The quantitative estimate of drug-likeness (QED) is 0.347. The summed E-state index contributed by atoms with van der Waals surface area (Å²) in [6.07, 6.45) is 8.78. The number of hydrogen-bond acceptors (Lipinski definition) is 6. The number of carbonyl (C=O) groups excluding carboxylic acids is 1. The van der Waals surface area contributed by atoms with Crippen LogP contribution in [-0.2, 0) is 20.2 Å². The normalized spacial score (nSPS) is 24.2. The summed E-state index contributed by atoms with van der Waals surface area (Å²) in [4.78, 5) is 22.4. The van der Waals surface area contributed by atoms with E-state index in [0.717, 1.165) is 23.1 Å². The van der Waals surface area contributed by atoms with Gasteiger partial charge in [0.05, 0.1) is 28.1 Å². The number of carbonyl (C=O) groups is 1. The topological polar surface area (TPSA) is 118 Å². The first kappa shape index (κ1) is 23.6. The predicted octanol–water partition coefficient (Wildman–Crippen LogP) is 4.66. The number of pyridine rings is 1. The summed E-state index contributed by atoms with van der Waals surface area (Å²) in [5, 5.41) is 7.76. The highest BCUT2D eigenvalue weighted by molar-refractivity contribution is 7.93. The molecule has 194 valence electrons. The van der Waals surface area contributed by atoms with Crippen molar-refractivity contribution in [3.05, 3.63) is 71.9 Å². The predicted molar refractivity (Wildman–Crippen MR) is 144 cm³/mol. The van der Waals surface area contributed by atoms with Gasteiger partial charge in [-0.2, -0.15) is 5.10 Å². The number of rotatable bonds is 7. The van der Waals surface area contributed by atoms with Crippen LogP contribution in [0.15, 0.2) is 61.2 Å². The Hall–Kier alpha value is -3.50. The second-order valence-electron chi connectivity index (χ2n) is 10.6. The highest BCUT2D eigenvalue weighted by Gasteiger charge is 2.59. The number of hydrogen-bond donors (Lipinski definition) is 2. The third-order valence-corrected chi connectivity index (χ3v) is 10.1. The van der Waals surface area contributed by atoms with E-state index in [0.29, 0.717) is 53.9 Å². The summed E-state index contributed by atoms with van der Waals surface area (Å²) in [5.41, 5.74) is 3.21. The van der Waals surface area contributed by atoms with Crippen molar-refractivity contribution in [3.8, 4) is 11.1 Å². The fourth-order valence-electron chi connectivity index (χ4n) is 5.74. The zero-order valence-electron chi connectivity index (χ0n) is 20.3. The van der Waals surface area contributed by atoms with Gasteiger partial charge in [-0.05, 0) is 73.8 Å². The van der Waals surface area contributed by atoms with Gasteiger partial charge in [0.15, 0.2) is 0 Å². The van der Waals surface area contributed by atoms with Gasteiger partial charge in [0.2, 0.25) is 15.9 Å². The van der Waals surface area contributed by atoms with Crippen molar-refractivity contribution in [2.24, 2.45) is 11.8 Å². The Morgan fingerprint density at radius 3 is 2.55 bits per heavy atom. The Morgan fingerprint density at radius 1 is 1.05 bits per heavy atom. The maximum absolute atomic E-state index is 13.8. The van der Waals surface area contributed by atoms with Gasteiger partial charge in [-0.15, -0.1) is 0 Å². The van der Waals surface area contributed by atoms with Crippen LogP contribution < -0.4 is 10.0 Å². The van der Waals surface area contributed by atoms with E-state index in [1.165, 1.54) is 6.33 Å². The summed E-state index contributed by atoms with van der Waals surface area (Å²) < 4.78 is 29.2. The van der Waals surface area contributed by atoms with Crippen LogP contribution in [0.4, 0.5) is 11.5 Å². The molecule has 3 heterocycles. The number of nitrogens with one attached hydrogen (secondary N) is 2. The highest BCUT2D eigenvalue weighted by atomic mass is 35.5. The number of nitrogens with zero attached hydrogens (tertiary/aromatic N) is 4. The van der Waals surface area contributed by atoms with Crippen LogP contribution in [-0.4, -0.2) is 39.2 Å². The number of sulfonamides is 1. The maximum atomic E-state index is 13.8. The third kappa shape index (κ3) is 4.12. The molecular weight excluding hydrogens is 524 g/mol. The smallest absolute Gasteiger partial charge is 0.236 e. The minimum Gasteiger partial charge on any atom is -0.325 e. The molecule has 2 atom stereocenters. The van der Waals surface area contributed by atoms with Crippen LogP contribution >= 0.6 is 11.6 Å². The van der Waals surface area contributed by atoms with E-state index >= 15 is 0 Å². The summed E-state index contributed by atoms with van der Waals surface area (Å²) in [6, 6.07) is 12.9. The van der Waals surface area contributed by atoms with Crippen molar-refractivity contribution in [3.63, 3.8) is 0 Å². The molecule has 1 aromatic carbocycles. The molecule has 3 fully saturated rings. The van der Waals surface area contributed by atoms with Gasteiger partial charge in [0.1, 0.15) is 12.1 Å². The van der Waals surface area contributed by atoms with Gasteiger partial charge in [0, 0.05) is 28.5 Å².